The number of nitrogens with one attached hydrogen (secondary N) is 1. The van der Waals surface area contributed by atoms with Gasteiger partial charge in [0.05, 0.1) is 18.5 Å². The van der Waals surface area contributed by atoms with Gasteiger partial charge in [0.25, 0.3) is 5.91 Å². The highest BCUT2D eigenvalue weighted by atomic mass is 35.5. The molecule has 1 amide bonds. The van der Waals surface area contributed by atoms with E-state index < -0.39 is 16.1 Å². The molecule has 0 unspecified atom stereocenters. The first kappa shape index (κ1) is 21.5. The fourth-order valence-corrected chi connectivity index (χ4v) is 4.11. The predicted octanol–water partition coefficient (Wildman–Crippen LogP) is 3.48. The van der Waals surface area contributed by atoms with Gasteiger partial charge in [-0.2, -0.15) is 0 Å². The largest absolute Gasteiger partial charge is 0.476 e. The van der Waals surface area contributed by atoms with Gasteiger partial charge in [-0.3, -0.25) is 9.10 Å². The molecule has 6 nitrogen and oxygen atoms in total. The monoisotopic (exact) mass is 436 g/mol. The molecule has 0 aliphatic carbocycles. The van der Waals surface area contributed by atoms with E-state index >= 15 is 0 Å². The molecule has 0 saturated carbocycles. The van der Waals surface area contributed by atoms with Crippen molar-refractivity contribution < 1.29 is 17.9 Å². The normalized spacial score (nSPS) is 16.7. The second-order valence-electron chi connectivity index (χ2n) is 8.18. The molecule has 1 atom stereocenters. The molecular formula is C21H25ClN2O4S. The summed E-state index contributed by atoms with van der Waals surface area (Å²) in [6, 6.07) is 12.6. The number of hydrogen-bond donors (Lipinski definition) is 1. The standard InChI is InChI=1S/C21H25ClN2O4S/c1-21(2,3)15-7-10-18-17(11-15)24(29(4,26)27)13-19(28-18)20(25)23-12-14-5-8-16(22)9-6-14/h5-11,19H,12-13H2,1-4H3,(H,23,25)/t19-/m1/s1. The molecule has 29 heavy (non-hydrogen) atoms. The second-order valence-corrected chi connectivity index (χ2v) is 10.5. The van der Waals surface area contributed by atoms with E-state index in [1.54, 1.807) is 18.2 Å². The number of halogens is 1. The Morgan fingerprint density at radius 3 is 2.45 bits per heavy atom. The Kier molecular flexibility index (Phi) is 5.83. The Labute approximate surface area is 176 Å². The van der Waals surface area contributed by atoms with E-state index in [9.17, 15) is 13.2 Å². The molecule has 156 valence electrons. The van der Waals surface area contributed by atoms with E-state index in [2.05, 4.69) is 26.1 Å². The SMILES string of the molecule is CC(C)(C)c1ccc2c(c1)N(S(C)(=O)=O)C[C@H](C(=O)NCc1ccc(Cl)cc1)O2. The van der Waals surface area contributed by atoms with Crippen molar-refractivity contribution in [3.05, 3.63) is 58.6 Å². The molecule has 0 aromatic heterocycles. The van der Waals surface area contributed by atoms with Crippen LogP contribution in [0.25, 0.3) is 0 Å². The summed E-state index contributed by atoms with van der Waals surface area (Å²) in [5, 5.41) is 3.41. The van der Waals surface area contributed by atoms with Gasteiger partial charge in [0.1, 0.15) is 5.75 Å². The third-order valence-electron chi connectivity index (χ3n) is 4.77. The average molecular weight is 437 g/mol. The Morgan fingerprint density at radius 1 is 1.21 bits per heavy atom. The summed E-state index contributed by atoms with van der Waals surface area (Å²) in [6.07, 6.45) is 0.194. The quantitative estimate of drug-likeness (QED) is 0.796. The smallest absolute Gasteiger partial charge is 0.263 e. The maximum atomic E-state index is 12.7. The van der Waals surface area contributed by atoms with Gasteiger partial charge < -0.3 is 10.1 Å². The molecule has 0 saturated heterocycles. The number of nitrogens with zero attached hydrogens (tertiary/aromatic N) is 1. The minimum Gasteiger partial charge on any atom is -0.476 e. The van der Waals surface area contributed by atoms with Crippen LogP contribution < -0.4 is 14.4 Å². The fourth-order valence-electron chi connectivity index (χ4n) is 3.07. The lowest BCUT2D eigenvalue weighted by Gasteiger charge is -2.35. The van der Waals surface area contributed by atoms with E-state index in [1.165, 1.54) is 4.31 Å². The third kappa shape index (κ3) is 5.03. The first-order valence-electron chi connectivity index (χ1n) is 9.26. The summed E-state index contributed by atoms with van der Waals surface area (Å²) in [7, 11) is -3.58. The molecule has 2 aromatic rings. The molecular weight excluding hydrogens is 412 g/mol. The average Bonchev–Trinajstić information content (AvgIpc) is 2.64. The molecule has 8 heteroatoms. The molecule has 1 aliphatic rings. The van der Waals surface area contributed by atoms with Crippen LogP contribution in [0, 0.1) is 0 Å². The lowest BCUT2D eigenvalue weighted by molar-refractivity contribution is -0.127. The van der Waals surface area contributed by atoms with E-state index in [4.69, 9.17) is 16.3 Å². The van der Waals surface area contributed by atoms with Crippen LogP contribution >= 0.6 is 11.6 Å². The lowest BCUT2D eigenvalue weighted by Crippen LogP contribution is -2.50. The van der Waals surface area contributed by atoms with Gasteiger partial charge in [0.2, 0.25) is 10.0 Å². The Hall–Kier alpha value is -2.25. The number of hydrogen-bond acceptors (Lipinski definition) is 4. The van der Waals surface area contributed by atoms with Crippen LogP contribution in [-0.2, 0) is 26.8 Å². The number of anilines is 1. The van der Waals surface area contributed by atoms with Crippen LogP contribution in [0.15, 0.2) is 42.5 Å². The van der Waals surface area contributed by atoms with Gasteiger partial charge in [-0.25, -0.2) is 8.42 Å². The van der Waals surface area contributed by atoms with Gasteiger partial charge in [-0.15, -0.1) is 0 Å². The van der Waals surface area contributed by atoms with Crippen LogP contribution in [0.4, 0.5) is 5.69 Å². The van der Waals surface area contributed by atoms with Crippen molar-refractivity contribution >= 4 is 33.2 Å². The Bertz CT molecular complexity index is 1010. The molecule has 0 bridgehead atoms. The van der Waals surface area contributed by atoms with Crippen molar-refractivity contribution in [3.8, 4) is 5.75 Å². The highest BCUT2D eigenvalue weighted by Gasteiger charge is 2.35. The van der Waals surface area contributed by atoms with E-state index in [0.29, 0.717) is 23.0 Å². The van der Waals surface area contributed by atoms with Crippen molar-refractivity contribution in [1.82, 2.24) is 5.32 Å². The number of ether oxygens (including phenoxy) is 1. The van der Waals surface area contributed by atoms with Crippen molar-refractivity contribution in [2.24, 2.45) is 0 Å². The maximum absolute atomic E-state index is 12.7. The summed E-state index contributed by atoms with van der Waals surface area (Å²) < 4.78 is 31.9. The van der Waals surface area contributed by atoms with Crippen molar-refractivity contribution in [2.75, 3.05) is 17.1 Å². The van der Waals surface area contributed by atoms with Crippen molar-refractivity contribution in [3.63, 3.8) is 0 Å². The van der Waals surface area contributed by atoms with Crippen molar-refractivity contribution in [2.45, 2.75) is 38.8 Å². The number of rotatable bonds is 4. The zero-order valence-corrected chi connectivity index (χ0v) is 18.5. The fraction of sp³-hybridized carbons (Fsp3) is 0.381. The Morgan fingerprint density at radius 2 is 1.86 bits per heavy atom. The van der Waals surface area contributed by atoms with E-state index in [-0.39, 0.29) is 17.9 Å². The molecule has 0 spiro atoms. The van der Waals surface area contributed by atoms with Crippen LogP contribution in [0.5, 0.6) is 5.75 Å². The Balaban J connectivity index is 1.82. The number of fused-ring (bicyclic) bond motifs is 1. The first-order chi connectivity index (χ1) is 13.4. The van der Waals surface area contributed by atoms with Crippen LogP contribution in [0.2, 0.25) is 5.02 Å². The molecule has 0 fully saturated rings. The van der Waals surface area contributed by atoms with E-state index in [0.717, 1.165) is 17.4 Å². The lowest BCUT2D eigenvalue weighted by atomic mass is 9.86. The van der Waals surface area contributed by atoms with Gasteiger partial charge in [0.15, 0.2) is 6.10 Å². The van der Waals surface area contributed by atoms with Gasteiger partial charge in [-0.1, -0.05) is 50.6 Å². The molecule has 1 aliphatic heterocycles. The molecule has 1 heterocycles. The van der Waals surface area contributed by atoms with E-state index in [1.807, 2.05) is 24.3 Å². The van der Waals surface area contributed by atoms with Crippen LogP contribution in [0.1, 0.15) is 31.9 Å². The molecule has 1 N–H and O–H groups in total. The number of benzene rings is 2. The summed E-state index contributed by atoms with van der Waals surface area (Å²) in [5.74, 6) is 0.000431. The topological polar surface area (TPSA) is 75.7 Å². The first-order valence-corrected chi connectivity index (χ1v) is 11.5. The summed E-state index contributed by atoms with van der Waals surface area (Å²) in [5.41, 5.74) is 2.18. The molecule has 2 aromatic carbocycles. The maximum Gasteiger partial charge on any atom is 0.263 e. The number of carbonyl (C=O) groups excluding carboxylic acids is 1. The molecule has 0 radical (unpaired) electrons. The van der Waals surface area contributed by atoms with Gasteiger partial charge in [-0.05, 0) is 40.8 Å². The van der Waals surface area contributed by atoms with Gasteiger partial charge in [0, 0.05) is 11.6 Å². The minimum absolute atomic E-state index is 0.0775. The summed E-state index contributed by atoms with van der Waals surface area (Å²) in [4.78, 5) is 12.7. The molecule has 3 rings (SSSR count). The highest BCUT2D eigenvalue weighted by molar-refractivity contribution is 7.92. The summed E-state index contributed by atoms with van der Waals surface area (Å²) in [6.45, 7) is 6.37. The zero-order chi connectivity index (χ0) is 21.4. The van der Waals surface area contributed by atoms with Gasteiger partial charge >= 0.3 is 0 Å². The minimum atomic E-state index is -3.58. The predicted molar refractivity (Wildman–Crippen MR) is 115 cm³/mol. The zero-order valence-electron chi connectivity index (χ0n) is 16.9. The summed E-state index contributed by atoms with van der Waals surface area (Å²) >= 11 is 5.87. The number of carbonyl (C=O) groups is 1. The third-order valence-corrected chi connectivity index (χ3v) is 6.17. The van der Waals surface area contributed by atoms with Crippen LogP contribution in [0.3, 0.4) is 0 Å². The second kappa shape index (κ2) is 7.88. The number of amides is 1. The highest BCUT2D eigenvalue weighted by Crippen LogP contribution is 2.38. The number of sulfonamides is 1. The van der Waals surface area contributed by atoms with Crippen LogP contribution in [-0.4, -0.2) is 33.2 Å². The van der Waals surface area contributed by atoms with Crippen molar-refractivity contribution in [1.29, 1.82) is 0 Å².